The Hall–Kier alpha value is -2.37. The van der Waals surface area contributed by atoms with Crippen molar-refractivity contribution < 1.29 is 4.79 Å². The van der Waals surface area contributed by atoms with Crippen LogP contribution in [0.2, 0.25) is 0 Å². The zero-order chi connectivity index (χ0) is 14.3. The van der Waals surface area contributed by atoms with E-state index in [2.05, 4.69) is 10.4 Å². The molecule has 2 atom stereocenters. The highest BCUT2D eigenvalue weighted by atomic mass is 16.2. The standard InChI is InChI=1S/C14H16N4O2/c1-17-8-10(3-4-13(17)19)16-14(20)12-5-11(12)9-6-15-18(2)7-9/h3-4,6-8,11-12H,5H2,1-2H3,(H,16,20)/t11-,12+/m0/s1. The van der Waals surface area contributed by atoms with Gasteiger partial charge in [-0.25, -0.2) is 0 Å². The Balaban J connectivity index is 1.66. The van der Waals surface area contributed by atoms with Crippen molar-refractivity contribution in [2.24, 2.45) is 20.0 Å². The van der Waals surface area contributed by atoms with Crippen molar-refractivity contribution in [2.75, 3.05) is 5.32 Å². The summed E-state index contributed by atoms with van der Waals surface area (Å²) in [6.45, 7) is 0. The van der Waals surface area contributed by atoms with Crippen LogP contribution in [0.3, 0.4) is 0 Å². The molecule has 2 aromatic heterocycles. The van der Waals surface area contributed by atoms with Crippen molar-refractivity contribution in [3.8, 4) is 0 Å². The van der Waals surface area contributed by atoms with Crippen LogP contribution in [-0.2, 0) is 18.9 Å². The van der Waals surface area contributed by atoms with Crippen molar-refractivity contribution in [2.45, 2.75) is 12.3 Å². The minimum atomic E-state index is -0.0948. The van der Waals surface area contributed by atoms with Crippen LogP contribution in [0, 0.1) is 5.92 Å². The van der Waals surface area contributed by atoms with Crippen LogP contribution in [0.25, 0.3) is 0 Å². The van der Waals surface area contributed by atoms with Gasteiger partial charge in [-0.15, -0.1) is 0 Å². The molecule has 6 nitrogen and oxygen atoms in total. The monoisotopic (exact) mass is 272 g/mol. The molecule has 0 unspecified atom stereocenters. The smallest absolute Gasteiger partial charge is 0.250 e. The van der Waals surface area contributed by atoms with Gasteiger partial charge in [0.2, 0.25) is 11.5 Å². The summed E-state index contributed by atoms with van der Waals surface area (Å²) in [5.41, 5.74) is 1.66. The molecule has 0 aliphatic heterocycles. The van der Waals surface area contributed by atoms with Gasteiger partial charge in [-0.3, -0.25) is 14.3 Å². The quantitative estimate of drug-likeness (QED) is 0.901. The Bertz CT molecular complexity index is 716. The molecule has 0 radical (unpaired) electrons. The Morgan fingerprint density at radius 3 is 2.80 bits per heavy atom. The van der Waals surface area contributed by atoms with Gasteiger partial charge in [0, 0.05) is 38.5 Å². The molecule has 1 fully saturated rings. The van der Waals surface area contributed by atoms with Gasteiger partial charge in [-0.05, 0) is 24.0 Å². The van der Waals surface area contributed by atoms with Gasteiger partial charge < -0.3 is 9.88 Å². The molecule has 1 saturated carbocycles. The number of nitrogens with one attached hydrogen (secondary N) is 1. The third-order valence-corrected chi connectivity index (χ3v) is 3.63. The fourth-order valence-corrected chi connectivity index (χ4v) is 2.39. The molecule has 1 N–H and O–H groups in total. The van der Waals surface area contributed by atoms with Crippen LogP contribution in [0.5, 0.6) is 0 Å². The molecular weight excluding hydrogens is 256 g/mol. The third kappa shape index (κ3) is 2.36. The molecule has 2 aromatic rings. The Morgan fingerprint density at radius 2 is 2.15 bits per heavy atom. The molecule has 2 heterocycles. The summed E-state index contributed by atoms with van der Waals surface area (Å²) in [6, 6.07) is 3.07. The van der Waals surface area contributed by atoms with E-state index in [9.17, 15) is 9.59 Å². The number of amides is 1. The summed E-state index contributed by atoms with van der Waals surface area (Å²) >= 11 is 0. The Labute approximate surface area is 116 Å². The second-order valence-corrected chi connectivity index (χ2v) is 5.25. The predicted molar refractivity (Wildman–Crippen MR) is 74.4 cm³/mol. The van der Waals surface area contributed by atoms with Crippen LogP contribution in [0.15, 0.2) is 35.5 Å². The first kappa shape index (κ1) is 12.7. The lowest BCUT2D eigenvalue weighted by Crippen LogP contribution is -2.19. The van der Waals surface area contributed by atoms with E-state index >= 15 is 0 Å². The second-order valence-electron chi connectivity index (χ2n) is 5.25. The minimum absolute atomic E-state index is 0.00231. The largest absolute Gasteiger partial charge is 0.325 e. The van der Waals surface area contributed by atoms with Crippen LogP contribution in [0.4, 0.5) is 5.69 Å². The molecule has 1 aliphatic rings. The molecule has 20 heavy (non-hydrogen) atoms. The number of hydrogen-bond acceptors (Lipinski definition) is 3. The number of anilines is 1. The van der Waals surface area contributed by atoms with Crippen LogP contribution in [-0.4, -0.2) is 20.3 Å². The molecular formula is C14H16N4O2. The number of carbonyl (C=O) groups is 1. The van der Waals surface area contributed by atoms with E-state index in [4.69, 9.17) is 0 Å². The summed E-state index contributed by atoms with van der Waals surface area (Å²) in [7, 11) is 3.53. The molecule has 6 heteroatoms. The number of carbonyl (C=O) groups excluding carboxylic acids is 1. The average molecular weight is 272 g/mol. The van der Waals surface area contributed by atoms with Gasteiger partial charge in [0.25, 0.3) is 0 Å². The molecule has 1 aliphatic carbocycles. The predicted octanol–water partition coefficient (Wildman–Crippen LogP) is 0.861. The highest BCUT2D eigenvalue weighted by Gasteiger charge is 2.44. The van der Waals surface area contributed by atoms with Gasteiger partial charge in [-0.1, -0.05) is 0 Å². The van der Waals surface area contributed by atoms with Gasteiger partial charge in [-0.2, -0.15) is 5.10 Å². The van der Waals surface area contributed by atoms with E-state index < -0.39 is 0 Å². The van der Waals surface area contributed by atoms with E-state index in [0.717, 1.165) is 12.0 Å². The molecule has 0 aromatic carbocycles. The topological polar surface area (TPSA) is 68.9 Å². The molecule has 0 saturated heterocycles. The molecule has 1 amide bonds. The summed E-state index contributed by atoms with van der Waals surface area (Å²) in [5, 5.41) is 6.98. The van der Waals surface area contributed by atoms with Crippen molar-refractivity contribution >= 4 is 11.6 Å². The van der Waals surface area contributed by atoms with E-state index in [1.165, 1.54) is 10.6 Å². The maximum absolute atomic E-state index is 12.1. The van der Waals surface area contributed by atoms with Crippen molar-refractivity contribution in [1.29, 1.82) is 0 Å². The van der Waals surface area contributed by atoms with E-state index in [1.807, 2.05) is 19.4 Å². The van der Waals surface area contributed by atoms with E-state index in [0.29, 0.717) is 5.69 Å². The fraction of sp³-hybridized carbons (Fsp3) is 0.357. The average Bonchev–Trinajstić information content (AvgIpc) is 3.10. The third-order valence-electron chi connectivity index (χ3n) is 3.63. The fourth-order valence-electron chi connectivity index (χ4n) is 2.39. The van der Waals surface area contributed by atoms with Gasteiger partial charge in [0.15, 0.2) is 0 Å². The summed E-state index contributed by atoms with van der Waals surface area (Å²) in [6.07, 6.45) is 6.24. The zero-order valence-electron chi connectivity index (χ0n) is 11.4. The molecule has 0 bridgehead atoms. The first-order valence-corrected chi connectivity index (χ1v) is 6.50. The van der Waals surface area contributed by atoms with Crippen LogP contribution in [0.1, 0.15) is 17.9 Å². The normalized spacial score (nSPS) is 20.7. The Kier molecular flexibility index (Phi) is 2.93. The van der Waals surface area contributed by atoms with E-state index in [-0.39, 0.29) is 23.3 Å². The molecule has 3 rings (SSSR count). The second kappa shape index (κ2) is 4.63. The number of hydrogen-bond donors (Lipinski definition) is 1. The first-order chi connectivity index (χ1) is 9.54. The lowest BCUT2D eigenvalue weighted by molar-refractivity contribution is -0.117. The Morgan fingerprint density at radius 1 is 1.35 bits per heavy atom. The highest BCUT2D eigenvalue weighted by Crippen LogP contribution is 2.47. The molecule has 0 spiro atoms. The summed E-state index contributed by atoms with van der Waals surface area (Å²) in [4.78, 5) is 23.4. The number of pyridine rings is 1. The van der Waals surface area contributed by atoms with Crippen molar-refractivity contribution in [3.05, 3.63) is 46.6 Å². The van der Waals surface area contributed by atoms with Crippen LogP contribution < -0.4 is 10.9 Å². The highest BCUT2D eigenvalue weighted by molar-refractivity contribution is 5.95. The number of rotatable bonds is 3. The van der Waals surface area contributed by atoms with Gasteiger partial charge >= 0.3 is 0 Å². The lowest BCUT2D eigenvalue weighted by Gasteiger charge is -2.06. The number of nitrogens with zero attached hydrogens (tertiary/aromatic N) is 3. The number of aryl methyl sites for hydroxylation is 2. The SMILES string of the molecule is Cn1cc([C@@H]2C[C@H]2C(=O)Nc2ccc(=O)n(C)c2)cn1. The molecule has 104 valence electrons. The minimum Gasteiger partial charge on any atom is -0.325 e. The zero-order valence-corrected chi connectivity index (χ0v) is 11.4. The van der Waals surface area contributed by atoms with Crippen LogP contribution >= 0.6 is 0 Å². The summed E-state index contributed by atoms with van der Waals surface area (Å²) in [5.74, 6) is 0.255. The first-order valence-electron chi connectivity index (χ1n) is 6.50. The van der Waals surface area contributed by atoms with Crippen molar-refractivity contribution in [3.63, 3.8) is 0 Å². The number of aromatic nitrogens is 3. The lowest BCUT2D eigenvalue weighted by atomic mass is 10.2. The van der Waals surface area contributed by atoms with E-state index in [1.54, 1.807) is 24.0 Å². The maximum atomic E-state index is 12.1. The summed E-state index contributed by atoms with van der Waals surface area (Å²) < 4.78 is 3.19. The van der Waals surface area contributed by atoms with Gasteiger partial charge in [0.05, 0.1) is 11.9 Å². The van der Waals surface area contributed by atoms with Crippen molar-refractivity contribution in [1.82, 2.24) is 14.3 Å². The van der Waals surface area contributed by atoms with Gasteiger partial charge in [0.1, 0.15) is 0 Å². The maximum Gasteiger partial charge on any atom is 0.250 e.